The third kappa shape index (κ3) is 10.6. The Morgan fingerprint density at radius 3 is 1.17 bits per heavy atom. The maximum atomic E-state index is 11.0. The second-order valence-electron chi connectivity index (χ2n) is 7.92. The molecule has 0 aromatic carbocycles. The van der Waals surface area contributed by atoms with E-state index in [1.54, 1.807) is 0 Å². The van der Waals surface area contributed by atoms with Gasteiger partial charge in [-0.2, -0.15) is 9.36 Å². The Hall–Kier alpha value is -6.82. The number of hydrogen-bond donors (Lipinski definition) is 0. The van der Waals surface area contributed by atoms with Crippen LogP contribution in [0.15, 0.2) is 10.2 Å². The third-order valence-corrected chi connectivity index (χ3v) is 5.17. The van der Waals surface area contributed by atoms with Crippen LogP contribution in [-0.4, -0.2) is 89.7 Å². The van der Waals surface area contributed by atoms with E-state index in [-0.39, 0.29) is 85.3 Å². The van der Waals surface area contributed by atoms with Crippen LogP contribution < -0.4 is 59.1 Å². The monoisotopic (exact) mass is 754 g/mol. The van der Waals surface area contributed by atoms with Gasteiger partial charge in [-0.1, -0.05) is 10.9 Å². The van der Waals surface area contributed by atoms with Crippen LogP contribution in [0.5, 0.6) is 0 Å². The molecule has 0 saturated carbocycles. The fraction of sp³-hybridized carbons (Fsp3) is 0.333. The summed E-state index contributed by atoms with van der Waals surface area (Å²) in [6.45, 7) is -1.20. The molecule has 4 aromatic rings. The molecule has 0 atom stereocenters. The van der Waals surface area contributed by atoms with Gasteiger partial charge in [-0.15, -0.1) is 20.9 Å². The second kappa shape index (κ2) is 19.4. The normalized spacial score (nSPS) is 9.69. The Bertz CT molecular complexity index is 1940. The van der Waals surface area contributed by atoms with Gasteiger partial charge in [0.2, 0.25) is 11.6 Å². The summed E-state index contributed by atoms with van der Waals surface area (Å²) in [6, 6.07) is 0. The zero-order valence-corrected chi connectivity index (χ0v) is 29.4. The number of aromatic nitrogens is 12. The van der Waals surface area contributed by atoms with Gasteiger partial charge in [-0.05, 0) is 31.1 Å². The summed E-state index contributed by atoms with van der Waals surface area (Å²) in [7, 11) is 0. The van der Waals surface area contributed by atoms with E-state index in [0.29, 0.717) is 9.36 Å². The molecule has 0 unspecified atom stereocenters. The van der Waals surface area contributed by atoms with E-state index in [2.05, 4.69) is 72.2 Å². The Kier molecular flexibility index (Phi) is 16.1. The molecule has 260 valence electrons. The summed E-state index contributed by atoms with van der Waals surface area (Å²) in [5.41, 5.74) is 20.6. The first kappa shape index (κ1) is 43.2. The van der Waals surface area contributed by atoms with Crippen molar-refractivity contribution in [2.45, 2.75) is 26.2 Å². The standard InChI is InChI=1S/2C6H4N13O6.2Na/c2*7-12-8-4-3(17(20)21)5(18(22)23)10-15(4)1-2-16-6(9-13-14-16)11-19(24)25;;/h2*1-2H2;;/q2*-1;2*+1. The van der Waals surface area contributed by atoms with Crippen molar-refractivity contribution in [3.8, 4) is 0 Å². The molecule has 0 amide bonds. The maximum Gasteiger partial charge on any atom is 1.00 e. The van der Waals surface area contributed by atoms with Crippen LogP contribution in [0, 0.1) is 60.7 Å². The van der Waals surface area contributed by atoms with Gasteiger partial charge in [0.25, 0.3) is 0 Å². The molecule has 4 rings (SSSR count). The summed E-state index contributed by atoms with van der Waals surface area (Å²) < 4.78 is 3.07. The van der Waals surface area contributed by atoms with Crippen LogP contribution in [-0.2, 0) is 26.2 Å². The summed E-state index contributed by atoms with van der Waals surface area (Å²) in [6.07, 6.45) is 0. The number of nitrogens with zero attached hydrogens (tertiary/aromatic N) is 26. The molecule has 0 N–H and O–H groups in total. The van der Waals surface area contributed by atoms with Crippen molar-refractivity contribution in [3.05, 3.63) is 92.4 Å². The minimum atomic E-state index is -1.13. The van der Waals surface area contributed by atoms with Crippen LogP contribution >= 0.6 is 0 Å². The van der Waals surface area contributed by atoms with Gasteiger partial charge in [-0.25, -0.2) is 30.4 Å². The smallest absolute Gasteiger partial charge is 0.358 e. The quantitative estimate of drug-likeness (QED) is 0.0258. The van der Waals surface area contributed by atoms with Crippen molar-refractivity contribution in [3.63, 3.8) is 0 Å². The van der Waals surface area contributed by atoms with E-state index in [0.717, 1.165) is 9.36 Å². The van der Waals surface area contributed by atoms with Crippen molar-refractivity contribution in [2.75, 3.05) is 0 Å². The topological polar surface area (TPSA) is 507 Å². The number of nitro groups is 6. The molecule has 0 radical (unpaired) electrons. The first-order chi connectivity index (χ1) is 23.7. The van der Waals surface area contributed by atoms with Crippen molar-refractivity contribution < 1.29 is 88.9 Å². The van der Waals surface area contributed by atoms with Crippen molar-refractivity contribution >= 4 is 46.5 Å². The summed E-state index contributed by atoms with van der Waals surface area (Å²) in [5, 5.41) is 94.9. The number of hydrogen-bond acceptors (Lipinski definition) is 22. The Labute approximate surface area is 322 Å². The SMILES string of the molecule is [N-]=[N+]=Nc1c([N+](=O)[O-])c([N+](=O)[O-])nn1CCn1nnnc1[N-][N+](=O)[O-].[N-]=[N+]=Nc1c([N+](=O)[O-])c([N+](=O)[O-])nn1CCn1nnnc1[N-][N+](=O)[O-].[Na+].[Na+]. The number of aryl methyl sites for hydroxylation is 4. The van der Waals surface area contributed by atoms with Gasteiger partial charge in [0, 0.05) is 22.9 Å². The predicted molar refractivity (Wildman–Crippen MR) is 144 cm³/mol. The molecule has 4 aromatic heterocycles. The van der Waals surface area contributed by atoms with Gasteiger partial charge in [0.15, 0.2) is 0 Å². The molecule has 0 bridgehead atoms. The molecule has 38 nitrogen and oxygen atoms in total. The van der Waals surface area contributed by atoms with E-state index >= 15 is 0 Å². The molecule has 40 heteroatoms. The van der Waals surface area contributed by atoms with Crippen LogP contribution in [0.4, 0.5) is 46.5 Å². The fourth-order valence-electron chi connectivity index (χ4n) is 3.39. The van der Waals surface area contributed by atoms with Gasteiger partial charge in [0.05, 0.1) is 33.1 Å². The molecule has 0 saturated heterocycles. The average Bonchev–Trinajstić information content (AvgIpc) is 3.81. The van der Waals surface area contributed by atoms with Crippen molar-refractivity contribution in [2.24, 2.45) is 10.2 Å². The largest absolute Gasteiger partial charge is 1.00 e. The van der Waals surface area contributed by atoms with E-state index in [4.69, 9.17) is 11.1 Å². The Balaban J connectivity index is 0.000000501. The first-order valence-electron chi connectivity index (χ1n) is 11.8. The summed E-state index contributed by atoms with van der Waals surface area (Å²) in [4.78, 5) is 64.6. The van der Waals surface area contributed by atoms with E-state index < -0.39 is 76.3 Å². The van der Waals surface area contributed by atoms with Crippen molar-refractivity contribution in [1.29, 1.82) is 0 Å². The molecular formula is C12H8N26Na2O12. The summed E-state index contributed by atoms with van der Waals surface area (Å²) >= 11 is 0. The molecule has 0 aliphatic carbocycles. The van der Waals surface area contributed by atoms with Crippen LogP contribution in [0.1, 0.15) is 0 Å². The Morgan fingerprint density at radius 2 is 0.904 bits per heavy atom. The van der Waals surface area contributed by atoms with Crippen LogP contribution in [0.3, 0.4) is 0 Å². The zero-order valence-electron chi connectivity index (χ0n) is 25.4. The van der Waals surface area contributed by atoms with Crippen LogP contribution in [0.2, 0.25) is 0 Å². The van der Waals surface area contributed by atoms with Gasteiger partial charge in [-0.3, -0.25) is 20.2 Å². The molecule has 0 fully saturated rings. The fourth-order valence-corrected chi connectivity index (χ4v) is 3.39. The minimum absolute atomic E-state index is 0. The van der Waals surface area contributed by atoms with Gasteiger partial charge >= 0.3 is 82.1 Å². The van der Waals surface area contributed by atoms with Gasteiger partial charge in [0.1, 0.15) is 22.0 Å². The minimum Gasteiger partial charge on any atom is -0.358 e. The van der Waals surface area contributed by atoms with Crippen molar-refractivity contribution in [1.82, 2.24) is 60.0 Å². The second-order valence-corrected chi connectivity index (χ2v) is 7.92. The number of azide groups is 2. The molecule has 0 aliphatic rings. The Morgan fingerprint density at radius 1 is 0.577 bits per heavy atom. The molecular weight excluding hydrogens is 746 g/mol. The zero-order chi connectivity index (χ0) is 37.1. The third-order valence-electron chi connectivity index (χ3n) is 5.17. The van der Waals surface area contributed by atoms with E-state index in [1.807, 2.05) is 0 Å². The summed E-state index contributed by atoms with van der Waals surface area (Å²) in [5.74, 6) is -4.63. The molecule has 0 spiro atoms. The predicted octanol–water partition coefficient (Wildman–Crippen LogP) is -4.94. The molecule has 0 aliphatic heterocycles. The van der Waals surface area contributed by atoms with E-state index in [9.17, 15) is 60.7 Å². The molecule has 4 heterocycles. The number of rotatable bonds is 16. The van der Waals surface area contributed by atoms with Gasteiger partial charge < -0.3 is 29.6 Å². The molecule has 52 heavy (non-hydrogen) atoms. The first-order valence-corrected chi connectivity index (χ1v) is 11.8. The van der Waals surface area contributed by atoms with Crippen LogP contribution in [0.25, 0.3) is 31.7 Å². The van der Waals surface area contributed by atoms with E-state index in [1.165, 1.54) is 0 Å². The maximum absolute atomic E-state index is 11.0. The average molecular weight is 754 g/mol. The number of tetrazole rings is 2.